The summed E-state index contributed by atoms with van der Waals surface area (Å²) >= 11 is 0. The minimum Gasteiger partial charge on any atom is -0.493 e. The third-order valence-corrected chi connectivity index (χ3v) is 1.43. The summed E-state index contributed by atoms with van der Waals surface area (Å²) in [7, 11) is 0. The molecule has 0 aromatic heterocycles. The van der Waals surface area contributed by atoms with Crippen LogP contribution in [0, 0.1) is 0 Å². The molecular formula is C9H10NO2. The van der Waals surface area contributed by atoms with Crippen molar-refractivity contribution in [1.29, 1.82) is 0 Å². The van der Waals surface area contributed by atoms with Crippen LogP contribution in [0.3, 0.4) is 0 Å². The molecule has 0 saturated carbocycles. The Hall–Kier alpha value is -1.51. The highest BCUT2D eigenvalue weighted by Gasteiger charge is 2.07. The van der Waals surface area contributed by atoms with Gasteiger partial charge in [-0.25, -0.2) is 0 Å². The number of carbonyl (C=O) groups excluding carboxylic acids is 1. The van der Waals surface area contributed by atoms with Crippen molar-refractivity contribution in [2.75, 3.05) is 6.61 Å². The number of amides is 1. The highest BCUT2D eigenvalue weighted by atomic mass is 16.5. The first-order valence-electron chi connectivity index (χ1n) is 3.73. The van der Waals surface area contributed by atoms with Crippen LogP contribution in [0.5, 0.6) is 5.75 Å². The molecule has 0 bridgehead atoms. The van der Waals surface area contributed by atoms with Gasteiger partial charge < -0.3 is 4.74 Å². The highest BCUT2D eigenvalue weighted by Crippen LogP contribution is 2.16. The van der Waals surface area contributed by atoms with Crippen molar-refractivity contribution in [1.82, 2.24) is 5.73 Å². The standard InChI is InChI=1S/C9H10NO2/c1-2-12-8-6-4-3-5-7(8)9(10)11/h3-6,10H,2H2,1H3. The summed E-state index contributed by atoms with van der Waals surface area (Å²) in [5, 5.41) is 0. The second-order valence-corrected chi connectivity index (χ2v) is 2.26. The van der Waals surface area contributed by atoms with Crippen molar-refractivity contribution >= 4 is 5.91 Å². The summed E-state index contributed by atoms with van der Waals surface area (Å²) in [5.41, 5.74) is 7.24. The number of benzene rings is 1. The number of carbonyl (C=O) groups is 1. The Morgan fingerprint density at radius 2 is 2.17 bits per heavy atom. The SMILES string of the molecule is CCOc1ccccc1C([NH])=O. The molecule has 63 valence electrons. The Labute approximate surface area is 71.1 Å². The molecule has 0 spiro atoms. The van der Waals surface area contributed by atoms with E-state index in [1.165, 1.54) is 0 Å². The molecule has 0 heterocycles. The first kappa shape index (κ1) is 8.59. The Kier molecular flexibility index (Phi) is 2.69. The topological polar surface area (TPSA) is 50.1 Å². The average Bonchev–Trinajstić information content (AvgIpc) is 2.05. The number of hydrogen-bond donors (Lipinski definition) is 0. The molecule has 0 saturated heterocycles. The Balaban J connectivity index is 3.00. The summed E-state index contributed by atoms with van der Waals surface area (Å²) in [5.74, 6) is -0.223. The van der Waals surface area contributed by atoms with Gasteiger partial charge in [-0.2, -0.15) is 0 Å². The molecule has 1 aromatic rings. The van der Waals surface area contributed by atoms with Gasteiger partial charge in [-0.05, 0) is 19.1 Å². The molecule has 0 fully saturated rings. The average molecular weight is 164 g/mol. The van der Waals surface area contributed by atoms with Crippen LogP contribution in [0.2, 0.25) is 0 Å². The van der Waals surface area contributed by atoms with Gasteiger partial charge in [0.2, 0.25) is 0 Å². The van der Waals surface area contributed by atoms with E-state index in [2.05, 4.69) is 0 Å². The predicted octanol–water partition coefficient (Wildman–Crippen LogP) is 1.51. The lowest BCUT2D eigenvalue weighted by Gasteiger charge is -2.05. The molecular weight excluding hydrogens is 154 g/mol. The van der Waals surface area contributed by atoms with Gasteiger partial charge in [0.15, 0.2) is 0 Å². The maximum atomic E-state index is 10.7. The van der Waals surface area contributed by atoms with Gasteiger partial charge in [0, 0.05) is 0 Å². The van der Waals surface area contributed by atoms with Crippen LogP contribution in [0.4, 0.5) is 0 Å². The third-order valence-electron chi connectivity index (χ3n) is 1.43. The van der Waals surface area contributed by atoms with Crippen LogP contribution in [0.25, 0.3) is 0 Å². The van der Waals surface area contributed by atoms with Crippen LogP contribution in [0.15, 0.2) is 24.3 Å². The van der Waals surface area contributed by atoms with Crippen LogP contribution >= 0.6 is 0 Å². The zero-order valence-corrected chi connectivity index (χ0v) is 6.83. The molecule has 0 atom stereocenters. The van der Waals surface area contributed by atoms with E-state index in [1.807, 2.05) is 6.92 Å². The highest BCUT2D eigenvalue weighted by molar-refractivity contribution is 5.94. The molecule has 1 N–H and O–H groups in total. The van der Waals surface area contributed by atoms with E-state index >= 15 is 0 Å². The van der Waals surface area contributed by atoms with E-state index in [0.717, 1.165) is 0 Å². The fourth-order valence-corrected chi connectivity index (χ4v) is 0.936. The summed E-state index contributed by atoms with van der Waals surface area (Å²) in [6, 6.07) is 6.76. The summed E-state index contributed by atoms with van der Waals surface area (Å²) in [6.45, 7) is 2.34. The van der Waals surface area contributed by atoms with Gasteiger partial charge in [0.05, 0.1) is 12.2 Å². The van der Waals surface area contributed by atoms with Crippen molar-refractivity contribution < 1.29 is 9.53 Å². The van der Waals surface area contributed by atoms with Gasteiger partial charge >= 0.3 is 0 Å². The number of ether oxygens (including phenoxy) is 1. The fourth-order valence-electron chi connectivity index (χ4n) is 0.936. The number of nitrogens with one attached hydrogen (secondary N) is 1. The lowest BCUT2D eigenvalue weighted by atomic mass is 10.2. The zero-order valence-electron chi connectivity index (χ0n) is 6.83. The minimum atomic E-state index is -0.709. The molecule has 3 heteroatoms. The van der Waals surface area contributed by atoms with Crippen LogP contribution in [0.1, 0.15) is 17.3 Å². The molecule has 0 aliphatic rings. The molecule has 1 radical (unpaired) electrons. The van der Waals surface area contributed by atoms with Gasteiger partial charge in [-0.3, -0.25) is 10.5 Å². The van der Waals surface area contributed by atoms with E-state index in [9.17, 15) is 4.79 Å². The summed E-state index contributed by atoms with van der Waals surface area (Å²) in [6.07, 6.45) is 0. The van der Waals surface area contributed by atoms with E-state index in [0.29, 0.717) is 17.9 Å². The van der Waals surface area contributed by atoms with E-state index in [1.54, 1.807) is 24.3 Å². The van der Waals surface area contributed by atoms with E-state index < -0.39 is 5.91 Å². The molecule has 1 rings (SSSR count). The third kappa shape index (κ3) is 1.75. The van der Waals surface area contributed by atoms with Crippen LogP contribution in [-0.2, 0) is 0 Å². The van der Waals surface area contributed by atoms with Crippen molar-refractivity contribution in [2.45, 2.75) is 6.92 Å². The quantitative estimate of drug-likeness (QED) is 0.679. The normalized spacial score (nSPS) is 9.42. The molecule has 0 unspecified atom stereocenters. The second-order valence-electron chi connectivity index (χ2n) is 2.26. The lowest BCUT2D eigenvalue weighted by Crippen LogP contribution is -2.03. The Bertz CT molecular complexity index is 284. The maximum absolute atomic E-state index is 10.7. The van der Waals surface area contributed by atoms with Crippen molar-refractivity contribution in [2.24, 2.45) is 0 Å². The minimum absolute atomic E-state index is 0.319. The molecule has 0 aliphatic carbocycles. The van der Waals surface area contributed by atoms with Crippen LogP contribution in [-0.4, -0.2) is 12.5 Å². The monoisotopic (exact) mass is 164 g/mol. The van der Waals surface area contributed by atoms with Gasteiger partial charge in [0.25, 0.3) is 5.91 Å². The van der Waals surface area contributed by atoms with Crippen molar-refractivity contribution in [3.05, 3.63) is 29.8 Å². The summed E-state index contributed by atoms with van der Waals surface area (Å²) < 4.78 is 5.16. The van der Waals surface area contributed by atoms with Crippen LogP contribution < -0.4 is 10.5 Å². The number of rotatable bonds is 3. The zero-order chi connectivity index (χ0) is 8.97. The smallest absolute Gasteiger partial charge is 0.273 e. The van der Waals surface area contributed by atoms with Crippen molar-refractivity contribution in [3.8, 4) is 5.75 Å². The predicted molar refractivity (Wildman–Crippen MR) is 45.0 cm³/mol. The van der Waals surface area contributed by atoms with E-state index in [4.69, 9.17) is 10.5 Å². The molecule has 1 amide bonds. The van der Waals surface area contributed by atoms with E-state index in [-0.39, 0.29) is 0 Å². The maximum Gasteiger partial charge on any atom is 0.273 e. The Morgan fingerprint density at radius 1 is 1.50 bits per heavy atom. The first-order valence-corrected chi connectivity index (χ1v) is 3.73. The molecule has 1 aromatic carbocycles. The first-order chi connectivity index (χ1) is 5.75. The van der Waals surface area contributed by atoms with Gasteiger partial charge in [-0.15, -0.1) is 0 Å². The largest absolute Gasteiger partial charge is 0.493 e. The Morgan fingerprint density at radius 3 is 2.75 bits per heavy atom. The number of hydrogen-bond acceptors (Lipinski definition) is 2. The molecule has 0 aliphatic heterocycles. The van der Waals surface area contributed by atoms with Gasteiger partial charge in [0.1, 0.15) is 5.75 Å². The molecule has 12 heavy (non-hydrogen) atoms. The molecule has 3 nitrogen and oxygen atoms in total. The lowest BCUT2D eigenvalue weighted by molar-refractivity contribution is 0.0988. The second kappa shape index (κ2) is 3.76. The summed E-state index contributed by atoms with van der Waals surface area (Å²) in [4.78, 5) is 10.7. The van der Waals surface area contributed by atoms with Crippen molar-refractivity contribution in [3.63, 3.8) is 0 Å². The fraction of sp³-hybridized carbons (Fsp3) is 0.222. The van der Waals surface area contributed by atoms with Gasteiger partial charge in [-0.1, -0.05) is 12.1 Å². The number of para-hydroxylation sites is 1.